The number of benzene rings is 3. The lowest BCUT2D eigenvalue weighted by Crippen LogP contribution is -2.32. The summed E-state index contributed by atoms with van der Waals surface area (Å²) in [5.41, 5.74) is 2.08. The number of hydrogen-bond donors (Lipinski definition) is 1. The van der Waals surface area contributed by atoms with Gasteiger partial charge in [-0.05, 0) is 61.0 Å². The van der Waals surface area contributed by atoms with Crippen LogP contribution in [0.5, 0.6) is 17.2 Å². The van der Waals surface area contributed by atoms with Crippen LogP contribution in [-0.4, -0.2) is 32.6 Å². The topological polar surface area (TPSA) is 77.1 Å². The highest BCUT2D eigenvalue weighted by Gasteiger charge is 2.41. The molecular weight excluding hydrogens is 420 g/mol. The summed E-state index contributed by atoms with van der Waals surface area (Å²) in [4.78, 5) is 28.3. The van der Waals surface area contributed by atoms with E-state index in [-0.39, 0.29) is 11.3 Å². The predicted octanol–water partition coefficient (Wildman–Crippen LogP) is 4.50. The molecule has 7 heteroatoms. The highest BCUT2D eigenvalue weighted by Crippen LogP contribution is 2.38. The molecular formula is C26H24N2O5. The third-order valence-electron chi connectivity index (χ3n) is 5.22. The van der Waals surface area contributed by atoms with E-state index in [4.69, 9.17) is 14.2 Å². The van der Waals surface area contributed by atoms with E-state index in [1.54, 1.807) is 79.9 Å². The van der Waals surface area contributed by atoms with Crippen molar-refractivity contribution in [1.29, 1.82) is 0 Å². The summed E-state index contributed by atoms with van der Waals surface area (Å²) < 4.78 is 16.1. The van der Waals surface area contributed by atoms with E-state index in [2.05, 4.69) is 5.32 Å². The number of imide groups is 1. The van der Waals surface area contributed by atoms with Crippen molar-refractivity contribution in [2.24, 2.45) is 0 Å². The standard InChI is InChI=1S/C26H24N2O5/c1-4-33-20-15-11-18(12-16-20)27-24-23(17-9-13-19(31-2)14-10-17)25(29)28(26(24)30)21-7-5-6-8-22(21)32-3/h5-16,27H,4H2,1-3H3. The maximum Gasteiger partial charge on any atom is 0.282 e. The zero-order valence-electron chi connectivity index (χ0n) is 18.6. The molecule has 168 valence electrons. The van der Waals surface area contributed by atoms with Crippen LogP contribution in [-0.2, 0) is 9.59 Å². The summed E-state index contributed by atoms with van der Waals surface area (Å²) in [7, 11) is 3.07. The first-order valence-corrected chi connectivity index (χ1v) is 10.5. The number of anilines is 2. The maximum absolute atomic E-state index is 13.6. The van der Waals surface area contributed by atoms with Crippen molar-refractivity contribution in [2.75, 3.05) is 31.0 Å². The SMILES string of the molecule is CCOc1ccc(NC2=C(c3ccc(OC)cc3)C(=O)N(c3ccccc3OC)C2=O)cc1. The van der Waals surface area contributed by atoms with Crippen LogP contribution in [0.4, 0.5) is 11.4 Å². The van der Waals surface area contributed by atoms with Crippen LogP contribution in [0.1, 0.15) is 12.5 Å². The van der Waals surface area contributed by atoms with Gasteiger partial charge in [0.15, 0.2) is 0 Å². The summed E-state index contributed by atoms with van der Waals surface area (Å²) in [6, 6.07) is 21.1. The smallest absolute Gasteiger partial charge is 0.282 e. The molecule has 3 aromatic rings. The van der Waals surface area contributed by atoms with Gasteiger partial charge in [0.1, 0.15) is 22.9 Å². The number of nitrogens with one attached hydrogen (secondary N) is 1. The Morgan fingerprint density at radius 1 is 0.788 bits per heavy atom. The second kappa shape index (κ2) is 9.48. The number of carbonyl (C=O) groups is 2. The Morgan fingerprint density at radius 3 is 2.09 bits per heavy atom. The van der Waals surface area contributed by atoms with Crippen LogP contribution in [0.25, 0.3) is 5.57 Å². The molecule has 1 aliphatic rings. The zero-order chi connectivity index (χ0) is 23.4. The summed E-state index contributed by atoms with van der Waals surface area (Å²) in [6.07, 6.45) is 0. The van der Waals surface area contributed by atoms with Gasteiger partial charge >= 0.3 is 0 Å². The van der Waals surface area contributed by atoms with Crippen molar-refractivity contribution in [3.63, 3.8) is 0 Å². The molecule has 0 saturated heterocycles. The van der Waals surface area contributed by atoms with Gasteiger partial charge in [-0.1, -0.05) is 24.3 Å². The van der Waals surface area contributed by atoms with Gasteiger partial charge in [-0.3, -0.25) is 9.59 Å². The maximum atomic E-state index is 13.6. The van der Waals surface area contributed by atoms with Crippen molar-refractivity contribution >= 4 is 28.8 Å². The highest BCUT2D eigenvalue weighted by molar-refractivity contribution is 6.46. The third-order valence-corrected chi connectivity index (χ3v) is 5.22. The fourth-order valence-corrected chi connectivity index (χ4v) is 3.65. The largest absolute Gasteiger partial charge is 0.497 e. The number of carbonyl (C=O) groups excluding carboxylic acids is 2. The normalized spacial score (nSPS) is 13.4. The molecule has 3 aromatic carbocycles. The summed E-state index contributed by atoms with van der Waals surface area (Å²) in [5, 5.41) is 3.14. The second-order valence-corrected chi connectivity index (χ2v) is 7.18. The van der Waals surface area contributed by atoms with E-state index < -0.39 is 11.8 Å². The number of hydrogen-bond acceptors (Lipinski definition) is 6. The second-order valence-electron chi connectivity index (χ2n) is 7.18. The van der Waals surface area contributed by atoms with Gasteiger partial charge in [0.05, 0.1) is 32.1 Å². The summed E-state index contributed by atoms with van der Waals surface area (Å²) in [5.74, 6) is 0.888. The molecule has 0 aliphatic carbocycles. The van der Waals surface area contributed by atoms with Gasteiger partial charge in [-0.15, -0.1) is 0 Å². The lowest BCUT2D eigenvalue weighted by Gasteiger charge is -2.18. The van der Waals surface area contributed by atoms with E-state index in [9.17, 15) is 9.59 Å². The molecule has 0 aromatic heterocycles. The van der Waals surface area contributed by atoms with Crippen molar-refractivity contribution in [3.05, 3.63) is 84.1 Å². The first-order chi connectivity index (χ1) is 16.1. The van der Waals surface area contributed by atoms with Crippen LogP contribution in [0.3, 0.4) is 0 Å². The van der Waals surface area contributed by atoms with Crippen LogP contribution in [0, 0.1) is 0 Å². The summed E-state index contributed by atoms with van der Waals surface area (Å²) in [6.45, 7) is 2.47. The van der Waals surface area contributed by atoms with Crippen LogP contribution < -0.4 is 24.4 Å². The molecule has 0 atom stereocenters. The lowest BCUT2D eigenvalue weighted by atomic mass is 10.0. The van der Waals surface area contributed by atoms with Crippen molar-refractivity contribution < 1.29 is 23.8 Å². The minimum Gasteiger partial charge on any atom is -0.497 e. The Kier molecular flexibility index (Phi) is 6.31. The molecule has 0 radical (unpaired) electrons. The molecule has 0 saturated carbocycles. The van der Waals surface area contributed by atoms with Gasteiger partial charge in [-0.25, -0.2) is 4.90 Å². The third kappa shape index (κ3) is 4.25. The van der Waals surface area contributed by atoms with Crippen molar-refractivity contribution in [1.82, 2.24) is 0 Å². The number of para-hydroxylation sites is 2. The average molecular weight is 444 g/mol. The van der Waals surface area contributed by atoms with Crippen LogP contribution in [0.2, 0.25) is 0 Å². The minimum absolute atomic E-state index is 0.181. The van der Waals surface area contributed by atoms with E-state index in [0.717, 1.165) is 10.6 Å². The van der Waals surface area contributed by atoms with Gasteiger partial charge in [0, 0.05) is 5.69 Å². The Balaban J connectivity index is 1.78. The fourth-order valence-electron chi connectivity index (χ4n) is 3.65. The molecule has 0 spiro atoms. The number of nitrogens with zero attached hydrogens (tertiary/aromatic N) is 1. The van der Waals surface area contributed by atoms with E-state index in [1.807, 2.05) is 6.92 Å². The number of ether oxygens (including phenoxy) is 3. The van der Waals surface area contributed by atoms with Crippen molar-refractivity contribution in [3.8, 4) is 17.2 Å². The number of methoxy groups -OCH3 is 2. The number of rotatable bonds is 8. The molecule has 0 fully saturated rings. The van der Waals surface area contributed by atoms with Crippen LogP contribution >= 0.6 is 0 Å². The Bertz CT molecular complexity index is 1200. The molecule has 1 N–H and O–H groups in total. The van der Waals surface area contributed by atoms with E-state index in [1.165, 1.54) is 7.11 Å². The molecule has 33 heavy (non-hydrogen) atoms. The number of amides is 2. The van der Waals surface area contributed by atoms with Gasteiger partial charge in [0.2, 0.25) is 0 Å². The van der Waals surface area contributed by atoms with Crippen LogP contribution in [0.15, 0.2) is 78.5 Å². The molecule has 0 unspecified atom stereocenters. The Morgan fingerprint density at radius 2 is 1.45 bits per heavy atom. The fraction of sp³-hybridized carbons (Fsp3) is 0.154. The summed E-state index contributed by atoms with van der Waals surface area (Å²) >= 11 is 0. The van der Waals surface area contributed by atoms with E-state index in [0.29, 0.717) is 35.0 Å². The highest BCUT2D eigenvalue weighted by atomic mass is 16.5. The lowest BCUT2D eigenvalue weighted by molar-refractivity contribution is -0.120. The van der Waals surface area contributed by atoms with Crippen molar-refractivity contribution in [2.45, 2.75) is 6.92 Å². The molecule has 1 aliphatic heterocycles. The monoisotopic (exact) mass is 444 g/mol. The Labute approximate surface area is 192 Å². The average Bonchev–Trinajstić information content (AvgIpc) is 3.09. The molecule has 1 heterocycles. The predicted molar refractivity (Wildman–Crippen MR) is 127 cm³/mol. The van der Waals surface area contributed by atoms with E-state index >= 15 is 0 Å². The first-order valence-electron chi connectivity index (χ1n) is 10.5. The van der Waals surface area contributed by atoms with Gasteiger partial charge in [-0.2, -0.15) is 0 Å². The Hall–Kier alpha value is -4.26. The first kappa shape index (κ1) is 22.0. The molecule has 0 bridgehead atoms. The molecule has 4 rings (SSSR count). The minimum atomic E-state index is -0.468. The zero-order valence-corrected chi connectivity index (χ0v) is 18.6. The molecule has 2 amide bonds. The quantitative estimate of drug-likeness (QED) is 0.516. The van der Waals surface area contributed by atoms with Gasteiger partial charge < -0.3 is 19.5 Å². The molecule has 7 nitrogen and oxygen atoms in total. The van der Waals surface area contributed by atoms with Gasteiger partial charge in [0.25, 0.3) is 11.8 Å².